The maximum atomic E-state index is 10.0. The average molecular weight is 360 g/mol. The fourth-order valence-electron chi connectivity index (χ4n) is 4.51. The molecule has 1 aromatic rings. The predicted octanol–water partition coefficient (Wildman–Crippen LogP) is 3.72. The number of nitrogens with one attached hydrogen (secondary N) is 1. The lowest BCUT2D eigenvalue weighted by molar-refractivity contribution is 0.300. The maximum absolute atomic E-state index is 10.0. The molecule has 6 heteroatoms. The van der Waals surface area contributed by atoms with E-state index in [1.54, 1.807) is 12.1 Å². The van der Waals surface area contributed by atoms with Gasteiger partial charge in [0, 0.05) is 11.5 Å². The second-order valence-corrected chi connectivity index (χ2v) is 6.81. The summed E-state index contributed by atoms with van der Waals surface area (Å²) in [6.07, 6.45) is 4.52. The van der Waals surface area contributed by atoms with Crippen LogP contribution in [0.5, 0.6) is 11.5 Å². The zero-order valence-corrected chi connectivity index (χ0v) is 15.3. The fourth-order valence-corrected chi connectivity index (χ4v) is 4.51. The van der Waals surface area contributed by atoms with Crippen molar-refractivity contribution in [3.63, 3.8) is 0 Å². The van der Waals surface area contributed by atoms with Crippen molar-refractivity contribution in [2.24, 2.45) is 17.3 Å². The molecule has 0 radical (unpaired) electrons. The Labute approximate surface area is 158 Å². The SMILES string of the molecule is COc1cccc([C@@H]2[C@H]3CCCC=C3C(C#N)C(=N)C2(C#N)C#N)c1OC. The number of benzene rings is 1. The highest BCUT2D eigenvalue weighted by atomic mass is 16.5. The molecule has 0 heterocycles. The first-order valence-corrected chi connectivity index (χ1v) is 8.81. The van der Waals surface area contributed by atoms with Gasteiger partial charge in [-0.25, -0.2) is 0 Å². The van der Waals surface area contributed by atoms with Crippen molar-refractivity contribution in [1.29, 1.82) is 21.2 Å². The van der Waals surface area contributed by atoms with Gasteiger partial charge >= 0.3 is 0 Å². The second-order valence-electron chi connectivity index (χ2n) is 6.81. The standard InChI is InChI=1S/C21H20N4O2/c1-26-17-9-5-8-15(19(17)27-2)18-14-7-4-3-6-13(14)16(10-22)20(25)21(18,11-23)12-24/h5-6,8-9,14,16,18,25H,3-4,7H2,1-2H3/t14-,16?,18-/m0/s1. The lowest BCUT2D eigenvalue weighted by Crippen LogP contribution is -2.48. The van der Waals surface area contributed by atoms with Crippen LogP contribution in [0.25, 0.3) is 0 Å². The van der Waals surface area contributed by atoms with E-state index >= 15 is 0 Å². The number of hydrogen-bond donors (Lipinski definition) is 1. The summed E-state index contributed by atoms with van der Waals surface area (Å²) in [5.41, 5.74) is -0.350. The zero-order valence-electron chi connectivity index (χ0n) is 15.3. The molecule has 0 aromatic heterocycles. The van der Waals surface area contributed by atoms with Crippen LogP contribution in [0.3, 0.4) is 0 Å². The minimum absolute atomic E-state index is 0.144. The van der Waals surface area contributed by atoms with Gasteiger partial charge in [-0.3, -0.25) is 0 Å². The molecule has 0 bridgehead atoms. The van der Waals surface area contributed by atoms with Gasteiger partial charge in [0.1, 0.15) is 5.92 Å². The van der Waals surface area contributed by atoms with Crippen LogP contribution in [0.15, 0.2) is 29.8 Å². The highest BCUT2D eigenvalue weighted by Gasteiger charge is 2.57. The minimum Gasteiger partial charge on any atom is -0.493 e. The van der Waals surface area contributed by atoms with Gasteiger partial charge < -0.3 is 14.9 Å². The summed E-state index contributed by atoms with van der Waals surface area (Å²) >= 11 is 0. The third-order valence-electron chi connectivity index (χ3n) is 5.69. The predicted molar refractivity (Wildman–Crippen MR) is 98.2 cm³/mol. The molecule has 1 fully saturated rings. The third-order valence-corrected chi connectivity index (χ3v) is 5.69. The zero-order chi connectivity index (χ0) is 19.6. The van der Waals surface area contributed by atoms with Gasteiger partial charge in [0.25, 0.3) is 0 Å². The number of fused-ring (bicyclic) bond motifs is 1. The van der Waals surface area contributed by atoms with Gasteiger partial charge in [0.2, 0.25) is 0 Å². The Morgan fingerprint density at radius 2 is 1.89 bits per heavy atom. The molecule has 2 aliphatic rings. The van der Waals surface area contributed by atoms with E-state index in [0.29, 0.717) is 17.1 Å². The average Bonchev–Trinajstić information content (AvgIpc) is 2.72. The Bertz CT molecular complexity index is 915. The van der Waals surface area contributed by atoms with Crippen LogP contribution in [0.2, 0.25) is 0 Å². The molecule has 2 aliphatic carbocycles. The molecule has 0 aliphatic heterocycles. The van der Waals surface area contributed by atoms with Crippen molar-refractivity contribution in [3.8, 4) is 29.7 Å². The molecule has 0 amide bonds. The van der Waals surface area contributed by atoms with E-state index in [9.17, 15) is 15.8 Å². The first-order valence-electron chi connectivity index (χ1n) is 8.81. The Balaban J connectivity index is 2.32. The van der Waals surface area contributed by atoms with Gasteiger partial charge in [-0.2, -0.15) is 15.8 Å². The molecule has 3 rings (SSSR count). The van der Waals surface area contributed by atoms with Gasteiger partial charge in [-0.15, -0.1) is 0 Å². The van der Waals surface area contributed by atoms with E-state index in [1.807, 2.05) is 12.1 Å². The highest BCUT2D eigenvalue weighted by molar-refractivity contribution is 6.01. The molecular formula is C21H20N4O2. The van der Waals surface area contributed by atoms with Crippen LogP contribution in [0, 0.1) is 56.7 Å². The van der Waals surface area contributed by atoms with E-state index in [-0.39, 0.29) is 11.6 Å². The molecule has 3 atom stereocenters. The van der Waals surface area contributed by atoms with Crippen molar-refractivity contribution in [3.05, 3.63) is 35.4 Å². The van der Waals surface area contributed by atoms with Crippen molar-refractivity contribution in [2.75, 3.05) is 14.2 Å². The molecule has 1 N–H and O–H groups in total. The van der Waals surface area contributed by atoms with E-state index in [0.717, 1.165) is 24.8 Å². The highest BCUT2D eigenvalue weighted by Crippen LogP contribution is 2.57. The quantitative estimate of drug-likeness (QED) is 0.825. The molecule has 6 nitrogen and oxygen atoms in total. The summed E-state index contributed by atoms with van der Waals surface area (Å²) in [5.74, 6) is -0.621. The number of hydrogen-bond acceptors (Lipinski definition) is 6. The van der Waals surface area contributed by atoms with Crippen LogP contribution in [0.1, 0.15) is 30.7 Å². The van der Waals surface area contributed by atoms with Crippen LogP contribution in [-0.2, 0) is 0 Å². The minimum atomic E-state index is -1.72. The Morgan fingerprint density at radius 1 is 1.15 bits per heavy atom. The van der Waals surface area contributed by atoms with Gasteiger partial charge in [0.15, 0.2) is 16.9 Å². The lowest BCUT2D eigenvalue weighted by atomic mass is 9.53. The first kappa shape index (κ1) is 18.5. The number of methoxy groups -OCH3 is 2. The molecular weight excluding hydrogens is 340 g/mol. The van der Waals surface area contributed by atoms with E-state index in [1.165, 1.54) is 14.2 Å². The summed E-state index contributed by atoms with van der Waals surface area (Å²) in [7, 11) is 3.05. The van der Waals surface area contributed by atoms with E-state index < -0.39 is 17.3 Å². The van der Waals surface area contributed by atoms with Gasteiger partial charge in [-0.05, 0) is 36.8 Å². The third kappa shape index (κ3) is 2.56. The largest absolute Gasteiger partial charge is 0.493 e. The van der Waals surface area contributed by atoms with Crippen molar-refractivity contribution < 1.29 is 9.47 Å². The van der Waals surface area contributed by atoms with E-state index in [2.05, 4.69) is 18.2 Å². The molecule has 136 valence electrons. The normalized spacial score (nSPS) is 25.8. The lowest BCUT2D eigenvalue weighted by Gasteiger charge is -2.46. The second kappa shape index (κ2) is 7.14. The van der Waals surface area contributed by atoms with Gasteiger partial charge in [-0.1, -0.05) is 18.2 Å². The number of allylic oxidation sites excluding steroid dienone is 2. The Hall–Kier alpha value is -3.30. The van der Waals surface area contributed by atoms with E-state index in [4.69, 9.17) is 14.9 Å². The molecule has 1 aromatic carbocycles. The summed E-state index contributed by atoms with van der Waals surface area (Å²) in [6, 6.07) is 11.7. The number of nitriles is 3. The Morgan fingerprint density at radius 3 is 2.48 bits per heavy atom. The molecule has 0 spiro atoms. The van der Waals surface area contributed by atoms with Crippen LogP contribution in [0.4, 0.5) is 0 Å². The monoisotopic (exact) mass is 360 g/mol. The number of ether oxygens (including phenoxy) is 2. The van der Waals surface area contributed by atoms with Crippen molar-refractivity contribution >= 4 is 5.71 Å². The number of nitrogens with zero attached hydrogens (tertiary/aromatic N) is 3. The van der Waals surface area contributed by atoms with Crippen LogP contribution < -0.4 is 9.47 Å². The summed E-state index contributed by atoms with van der Waals surface area (Å²) in [4.78, 5) is 0. The smallest absolute Gasteiger partial charge is 0.189 e. The van der Waals surface area contributed by atoms with Crippen molar-refractivity contribution in [1.82, 2.24) is 0 Å². The van der Waals surface area contributed by atoms with Gasteiger partial charge in [0.05, 0.1) is 38.1 Å². The molecule has 1 unspecified atom stereocenters. The topological polar surface area (TPSA) is 114 Å². The molecule has 27 heavy (non-hydrogen) atoms. The number of rotatable bonds is 3. The Kier molecular flexibility index (Phi) is 4.89. The summed E-state index contributed by atoms with van der Waals surface area (Å²) in [6.45, 7) is 0. The fraction of sp³-hybridized carbons (Fsp3) is 0.429. The molecule has 0 saturated heterocycles. The van der Waals surface area contributed by atoms with Crippen LogP contribution >= 0.6 is 0 Å². The summed E-state index contributed by atoms with van der Waals surface area (Å²) in [5, 5.41) is 38.3. The first-order chi connectivity index (χ1) is 13.1. The van der Waals surface area contributed by atoms with Crippen molar-refractivity contribution in [2.45, 2.75) is 25.2 Å². The van der Waals surface area contributed by atoms with Crippen LogP contribution in [-0.4, -0.2) is 19.9 Å². The molecule has 1 saturated carbocycles. The summed E-state index contributed by atoms with van der Waals surface area (Å²) < 4.78 is 11.0. The maximum Gasteiger partial charge on any atom is 0.189 e. The number of para-hydroxylation sites is 1.